The zero-order valence-electron chi connectivity index (χ0n) is 18.8. The summed E-state index contributed by atoms with van der Waals surface area (Å²) in [4.78, 5) is 27.4. The molecule has 2 fully saturated rings. The molecule has 1 aliphatic heterocycles. The lowest BCUT2D eigenvalue weighted by Gasteiger charge is -2.39. The van der Waals surface area contributed by atoms with Crippen molar-refractivity contribution in [2.24, 2.45) is 5.92 Å². The van der Waals surface area contributed by atoms with Gasteiger partial charge in [-0.1, -0.05) is 12.1 Å². The average molecular weight is 465 g/mol. The number of hydrogen-bond donors (Lipinski definition) is 2. The van der Waals surface area contributed by atoms with Crippen molar-refractivity contribution in [2.45, 2.75) is 24.6 Å². The Morgan fingerprint density at radius 1 is 1.12 bits per heavy atom. The van der Waals surface area contributed by atoms with Crippen molar-refractivity contribution in [1.29, 1.82) is 0 Å². The van der Waals surface area contributed by atoms with E-state index in [0.29, 0.717) is 17.2 Å². The molecule has 3 heterocycles. The molecule has 7 nitrogen and oxygen atoms in total. The van der Waals surface area contributed by atoms with Gasteiger partial charge in [0.25, 0.3) is 5.91 Å². The van der Waals surface area contributed by atoms with E-state index in [0.717, 1.165) is 24.2 Å². The first-order chi connectivity index (χ1) is 16.5. The Morgan fingerprint density at radius 3 is 2.62 bits per heavy atom. The minimum atomic E-state index is -1.02. The van der Waals surface area contributed by atoms with Crippen molar-refractivity contribution in [1.82, 2.24) is 25.2 Å². The summed E-state index contributed by atoms with van der Waals surface area (Å²) in [5.41, 5.74) is 2.50. The number of aromatic nitrogens is 3. The minimum absolute atomic E-state index is 0.0978. The van der Waals surface area contributed by atoms with Gasteiger partial charge in [0.1, 0.15) is 12.0 Å². The molecule has 1 amide bonds. The van der Waals surface area contributed by atoms with Crippen LogP contribution >= 0.6 is 0 Å². The van der Waals surface area contributed by atoms with Crippen LogP contribution in [0.25, 0.3) is 11.1 Å². The summed E-state index contributed by atoms with van der Waals surface area (Å²) in [6.45, 7) is 2.00. The Morgan fingerprint density at radius 2 is 1.91 bits per heavy atom. The van der Waals surface area contributed by atoms with Crippen molar-refractivity contribution in [3.63, 3.8) is 0 Å². The second-order valence-corrected chi connectivity index (χ2v) is 9.04. The van der Waals surface area contributed by atoms with Gasteiger partial charge in [0.2, 0.25) is 5.95 Å². The first kappa shape index (κ1) is 22.3. The number of carbonyl (C=O) groups excluding carboxylic acids is 1. The van der Waals surface area contributed by atoms with Crippen molar-refractivity contribution in [3.8, 4) is 11.1 Å². The second kappa shape index (κ2) is 9.42. The van der Waals surface area contributed by atoms with Crippen LogP contribution in [0.3, 0.4) is 0 Å². The van der Waals surface area contributed by atoms with Crippen LogP contribution < -0.4 is 10.6 Å². The van der Waals surface area contributed by atoms with Gasteiger partial charge < -0.3 is 15.5 Å². The van der Waals surface area contributed by atoms with Crippen LogP contribution in [0.5, 0.6) is 0 Å². The number of halogens is 2. The second-order valence-electron chi connectivity index (χ2n) is 9.04. The Labute approximate surface area is 196 Å². The lowest BCUT2D eigenvalue weighted by molar-refractivity contribution is 0.0852. The zero-order valence-corrected chi connectivity index (χ0v) is 18.8. The summed E-state index contributed by atoms with van der Waals surface area (Å²) < 4.78 is 28.2. The van der Waals surface area contributed by atoms with E-state index in [1.54, 1.807) is 18.5 Å². The largest absolute Gasteiger partial charge is 0.354 e. The fourth-order valence-corrected chi connectivity index (χ4v) is 4.58. The molecule has 2 aliphatic rings. The van der Waals surface area contributed by atoms with Gasteiger partial charge in [-0.15, -0.1) is 0 Å². The summed E-state index contributed by atoms with van der Waals surface area (Å²) in [6, 6.07) is 10.4. The molecule has 0 radical (unpaired) electrons. The molecule has 1 saturated heterocycles. The lowest BCUT2D eigenvalue weighted by atomic mass is 9.70. The van der Waals surface area contributed by atoms with E-state index in [1.807, 2.05) is 25.2 Å². The Bertz CT molecular complexity index is 1170. The van der Waals surface area contributed by atoms with Crippen molar-refractivity contribution < 1.29 is 13.6 Å². The van der Waals surface area contributed by atoms with E-state index in [4.69, 9.17) is 0 Å². The number of nitrogens with zero attached hydrogens (tertiary/aromatic N) is 4. The predicted molar refractivity (Wildman–Crippen MR) is 125 cm³/mol. The maximum Gasteiger partial charge on any atom is 0.251 e. The zero-order chi connectivity index (χ0) is 23.7. The molecule has 3 aromatic rings. The van der Waals surface area contributed by atoms with Gasteiger partial charge in [0.05, 0.1) is 11.7 Å². The third kappa shape index (κ3) is 4.61. The molecule has 0 bridgehead atoms. The highest BCUT2D eigenvalue weighted by Crippen LogP contribution is 2.44. The number of likely N-dealkylation sites (N-methyl/N-ethyl adjacent to an activating group) is 1. The molecule has 2 N–H and O–H groups in total. The smallest absolute Gasteiger partial charge is 0.251 e. The Balaban J connectivity index is 1.20. The maximum absolute atomic E-state index is 14.2. The van der Waals surface area contributed by atoms with Crippen LogP contribution in [0.2, 0.25) is 0 Å². The fourth-order valence-electron chi connectivity index (χ4n) is 4.58. The topological polar surface area (TPSA) is 83.0 Å². The number of rotatable bonds is 7. The molecule has 2 aromatic heterocycles. The molecule has 9 heteroatoms. The van der Waals surface area contributed by atoms with E-state index in [-0.39, 0.29) is 30.8 Å². The van der Waals surface area contributed by atoms with Gasteiger partial charge in [-0.2, -0.15) is 0 Å². The summed E-state index contributed by atoms with van der Waals surface area (Å²) >= 11 is 0. The molecule has 1 saturated carbocycles. The highest BCUT2D eigenvalue weighted by atomic mass is 19.1. The molecular formula is C25H26F2N6O. The van der Waals surface area contributed by atoms with E-state index in [2.05, 4.69) is 30.5 Å². The highest BCUT2D eigenvalue weighted by molar-refractivity contribution is 5.95. The number of benzene rings is 1. The summed E-state index contributed by atoms with van der Waals surface area (Å²) in [6.07, 6.45) is 4.10. The van der Waals surface area contributed by atoms with Gasteiger partial charge in [-0.3, -0.25) is 9.78 Å². The molecule has 3 atom stereocenters. The van der Waals surface area contributed by atoms with Gasteiger partial charge in [0.15, 0.2) is 0 Å². The van der Waals surface area contributed by atoms with Crippen LogP contribution in [-0.4, -0.2) is 64.7 Å². The standard InChI is InChI=1S/C25H26F2N6O/c1-33-13-18(14-33)32-24(34)16-5-2-4-15(8-16)17-10-29-25(30-11-17)31-12-20-19(9-22(20)27)23-21(26)6-3-7-28-23/h2-8,10-11,18-20,22H,9,12-14H2,1H3,(H,32,34)(H,29,30,31)/t19-,20?,22-/m0/s1. The van der Waals surface area contributed by atoms with Gasteiger partial charge in [0, 0.05) is 61.2 Å². The Kier molecular flexibility index (Phi) is 6.19. The summed E-state index contributed by atoms with van der Waals surface area (Å²) in [5.74, 6) is -0.790. The number of anilines is 1. The monoisotopic (exact) mass is 464 g/mol. The first-order valence-corrected chi connectivity index (χ1v) is 11.4. The van der Waals surface area contributed by atoms with Crippen molar-refractivity contribution in [3.05, 3.63) is 72.1 Å². The quantitative estimate of drug-likeness (QED) is 0.559. The molecule has 176 valence electrons. The average Bonchev–Trinajstić information content (AvgIpc) is 2.82. The van der Waals surface area contributed by atoms with E-state index < -0.39 is 17.9 Å². The van der Waals surface area contributed by atoms with Gasteiger partial charge in [-0.25, -0.2) is 18.7 Å². The normalized spacial score (nSPS) is 22.5. The molecular weight excluding hydrogens is 438 g/mol. The van der Waals surface area contributed by atoms with Crippen molar-refractivity contribution >= 4 is 11.9 Å². The molecule has 1 unspecified atom stereocenters. The maximum atomic E-state index is 14.2. The summed E-state index contributed by atoms with van der Waals surface area (Å²) in [5, 5.41) is 6.09. The molecule has 1 aromatic carbocycles. The Hall–Kier alpha value is -3.46. The number of pyridine rings is 1. The third-order valence-electron chi connectivity index (χ3n) is 6.60. The lowest BCUT2D eigenvalue weighted by Crippen LogP contribution is -2.57. The SMILES string of the molecule is CN1CC(NC(=O)c2cccc(-c3cnc(NCC4[C@@H](c5ncccc5F)C[C@@H]4F)nc3)c2)C1. The summed E-state index contributed by atoms with van der Waals surface area (Å²) in [7, 11) is 2.02. The predicted octanol–water partition coefficient (Wildman–Crippen LogP) is 3.28. The van der Waals surface area contributed by atoms with Crippen LogP contribution in [0, 0.1) is 11.7 Å². The van der Waals surface area contributed by atoms with Crippen LogP contribution in [0.4, 0.5) is 14.7 Å². The first-order valence-electron chi connectivity index (χ1n) is 11.4. The molecule has 1 aliphatic carbocycles. The number of amides is 1. The van der Waals surface area contributed by atoms with E-state index in [9.17, 15) is 13.6 Å². The molecule has 5 rings (SSSR count). The van der Waals surface area contributed by atoms with Crippen molar-refractivity contribution in [2.75, 3.05) is 32.0 Å². The molecule has 0 spiro atoms. The minimum Gasteiger partial charge on any atom is -0.354 e. The number of likely N-dealkylation sites (tertiary alicyclic amines) is 1. The van der Waals surface area contributed by atoms with Gasteiger partial charge >= 0.3 is 0 Å². The number of carbonyl (C=O) groups is 1. The van der Waals surface area contributed by atoms with Crippen LogP contribution in [0.15, 0.2) is 55.0 Å². The number of hydrogen-bond acceptors (Lipinski definition) is 6. The van der Waals surface area contributed by atoms with Crippen LogP contribution in [-0.2, 0) is 0 Å². The van der Waals surface area contributed by atoms with E-state index in [1.165, 1.54) is 18.3 Å². The number of nitrogens with one attached hydrogen (secondary N) is 2. The third-order valence-corrected chi connectivity index (χ3v) is 6.60. The van der Waals surface area contributed by atoms with Crippen LogP contribution in [0.1, 0.15) is 28.4 Å². The molecule has 34 heavy (non-hydrogen) atoms. The van der Waals surface area contributed by atoms with E-state index >= 15 is 0 Å². The van der Waals surface area contributed by atoms with Gasteiger partial charge in [-0.05, 0) is 43.3 Å². The number of alkyl halides is 1. The fraction of sp³-hybridized carbons (Fsp3) is 0.360. The highest BCUT2D eigenvalue weighted by Gasteiger charge is 2.44.